The summed E-state index contributed by atoms with van der Waals surface area (Å²) in [5.74, 6) is 0. The van der Waals surface area contributed by atoms with E-state index >= 15 is 0 Å². The molecule has 2 unspecified atom stereocenters. The fourth-order valence-electron chi connectivity index (χ4n) is 0.809. The monoisotopic (exact) mass is 114 g/mol. The van der Waals surface area contributed by atoms with Crippen molar-refractivity contribution in [3.63, 3.8) is 0 Å². The Kier molecular flexibility index (Phi) is 1.19. The minimum Gasteiger partial charge on any atom is -0.169 e. The van der Waals surface area contributed by atoms with Crippen LogP contribution in [0.4, 0.5) is 0 Å². The second-order valence-electron chi connectivity index (χ2n) is 2.30. The topological polar surface area (TPSA) is 27.4 Å². The molecule has 1 N–H and O–H groups in total. The molecule has 1 heterocycles. The van der Waals surface area contributed by atoms with Gasteiger partial charge in [-0.15, -0.1) is 0 Å². The van der Waals surface area contributed by atoms with E-state index in [0.29, 0.717) is 12.1 Å². The van der Waals surface area contributed by atoms with E-state index in [1.165, 1.54) is 0 Å². The molecule has 46 valence electrons. The summed E-state index contributed by atoms with van der Waals surface area (Å²) in [4.78, 5) is 1.77. The van der Waals surface area contributed by atoms with Gasteiger partial charge in [-0.3, -0.25) is 0 Å². The van der Waals surface area contributed by atoms with Crippen LogP contribution in [-0.2, 0) is 0 Å². The molecule has 0 aliphatic carbocycles. The molecule has 1 aliphatic heterocycles. The average molecular weight is 114 g/mol. The molecule has 1 aliphatic rings. The third kappa shape index (κ3) is 0.804. The second-order valence-corrected chi connectivity index (χ2v) is 2.30. The molecule has 3 heteroatoms. The van der Waals surface area contributed by atoms with Gasteiger partial charge in [0.2, 0.25) is 0 Å². The van der Waals surface area contributed by atoms with Gasteiger partial charge in [-0.05, 0) is 23.8 Å². The SMILES string of the molecule is CC1N=[N+](C)NC1C. The van der Waals surface area contributed by atoms with Gasteiger partial charge in [0.25, 0.3) is 0 Å². The zero-order chi connectivity index (χ0) is 6.15. The van der Waals surface area contributed by atoms with E-state index in [1.807, 2.05) is 7.05 Å². The van der Waals surface area contributed by atoms with E-state index in [1.54, 1.807) is 4.81 Å². The van der Waals surface area contributed by atoms with E-state index in [9.17, 15) is 0 Å². The quantitative estimate of drug-likeness (QED) is 0.453. The maximum Gasteiger partial charge on any atom is 0.190 e. The fourth-order valence-corrected chi connectivity index (χ4v) is 0.809. The highest BCUT2D eigenvalue weighted by Crippen LogP contribution is 2.02. The van der Waals surface area contributed by atoms with Crippen LogP contribution < -0.4 is 5.43 Å². The minimum atomic E-state index is 0.431. The number of rotatable bonds is 0. The Morgan fingerprint density at radius 3 is 2.25 bits per heavy atom. The molecule has 0 amide bonds. The van der Waals surface area contributed by atoms with Crippen LogP contribution in [0.2, 0.25) is 0 Å². The summed E-state index contributed by atoms with van der Waals surface area (Å²) in [6.07, 6.45) is 0. The molecule has 0 fully saturated rings. The molecule has 1 rings (SSSR count). The molecular formula is C5H12N3+. The highest BCUT2D eigenvalue weighted by Gasteiger charge is 2.24. The third-order valence-electron chi connectivity index (χ3n) is 1.47. The molecule has 2 atom stereocenters. The van der Waals surface area contributed by atoms with Crippen molar-refractivity contribution in [2.75, 3.05) is 7.05 Å². The van der Waals surface area contributed by atoms with Gasteiger partial charge < -0.3 is 0 Å². The summed E-state index contributed by atoms with van der Waals surface area (Å²) in [6, 6.07) is 0.931. The summed E-state index contributed by atoms with van der Waals surface area (Å²) < 4.78 is 0. The average Bonchev–Trinajstić information content (AvgIpc) is 1.85. The lowest BCUT2D eigenvalue weighted by atomic mass is 10.2. The first-order valence-corrected chi connectivity index (χ1v) is 2.91. The van der Waals surface area contributed by atoms with Gasteiger partial charge in [0.05, 0.1) is 0 Å². The first-order valence-electron chi connectivity index (χ1n) is 2.91. The van der Waals surface area contributed by atoms with Gasteiger partial charge in [0.1, 0.15) is 12.1 Å². The number of hydrazine groups is 1. The van der Waals surface area contributed by atoms with Crippen LogP contribution in [0.25, 0.3) is 0 Å². The zero-order valence-corrected chi connectivity index (χ0v) is 5.55. The lowest BCUT2D eigenvalue weighted by Gasteiger charge is -1.97. The van der Waals surface area contributed by atoms with Crippen LogP contribution >= 0.6 is 0 Å². The van der Waals surface area contributed by atoms with Crippen molar-refractivity contribution in [1.29, 1.82) is 0 Å². The van der Waals surface area contributed by atoms with Crippen LogP contribution in [0.1, 0.15) is 13.8 Å². The van der Waals surface area contributed by atoms with Crippen LogP contribution in [0.5, 0.6) is 0 Å². The van der Waals surface area contributed by atoms with Crippen molar-refractivity contribution >= 4 is 0 Å². The van der Waals surface area contributed by atoms with Crippen molar-refractivity contribution in [3.05, 3.63) is 0 Å². The molecule has 0 aromatic rings. The van der Waals surface area contributed by atoms with Gasteiger partial charge in [-0.2, -0.15) is 5.43 Å². The standard InChI is InChI=1S/C5H12N3/c1-4-5(2)7-8(3)6-4/h4-5H,1-3H3,(H,6,7)/q+1. The predicted octanol–water partition coefficient (Wildman–Crippen LogP) is 0.376. The van der Waals surface area contributed by atoms with Gasteiger partial charge in [-0.25, -0.2) is 0 Å². The summed E-state index contributed by atoms with van der Waals surface area (Å²) in [5.41, 5.74) is 3.13. The second kappa shape index (κ2) is 1.73. The molecule has 0 saturated carbocycles. The molecule has 8 heavy (non-hydrogen) atoms. The van der Waals surface area contributed by atoms with Gasteiger partial charge in [0.15, 0.2) is 7.05 Å². The normalized spacial score (nSPS) is 36.6. The highest BCUT2D eigenvalue weighted by atomic mass is 15.6. The Morgan fingerprint density at radius 1 is 1.50 bits per heavy atom. The van der Waals surface area contributed by atoms with E-state index in [0.717, 1.165) is 0 Å². The van der Waals surface area contributed by atoms with E-state index in [4.69, 9.17) is 0 Å². The Labute approximate surface area is 49.4 Å². The molecule has 0 saturated heterocycles. The zero-order valence-electron chi connectivity index (χ0n) is 5.55. The largest absolute Gasteiger partial charge is 0.190 e. The summed E-state index contributed by atoms with van der Waals surface area (Å²) in [6.45, 7) is 4.22. The molecule has 0 spiro atoms. The van der Waals surface area contributed by atoms with Gasteiger partial charge >= 0.3 is 0 Å². The maximum atomic E-state index is 4.19. The summed E-state index contributed by atoms with van der Waals surface area (Å²) in [7, 11) is 1.92. The fraction of sp³-hybridized carbons (Fsp3) is 1.00. The van der Waals surface area contributed by atoms with E-state index < -0.39 is 0 Å². The maximum absolute atomic E-state index is 4.19. The molecule has 0 aromatic carbocycles. The third-order valence-corrected chi connectivity index (χ3v) is 1.47. The molecule has 0 bridgehead atoms. The summed E-state index contributed by atoms with van der Waals surface area (Å²) in [5, 5.41) is 4.19. The predicted molar refractivity (Wildman–Crippen MR) is 30.7 cm³/mol. The van der Waals surface area contributed by atoms with E-state index in [2.05, 4.69) is 24.4 Å². The van der Waals surface area contributed by atoms with Crippen molar-refractivity contribution < 1.29 is 4.81 Å². The number of nitrogens with zero attached hydrogens (tertiary/aromatic N) is 2. The van der Waals surface area contributed by atoms with Gasteiger partial charge in [-0.1, -0.05) is 0 Å². The first-order chi connectivity index (χ1) is 3.70. The van der Waals surface area contributed by atoms with Gasteiger partial charge in [0, 0.05) is 0 Å². The van der Waals surface area contributed by atoms with Crippen molar-refractivity contribution in [2.24, 2.45) is 5.11 Å². The number of hydrogen-bond acceptors (Lipinski definition) is 2. The highest BCUT2D eigenvalue weighted by molar-refractivity contribution is 4.69. The van der Waals surface area contributed by atoms with Crippen LogP contribution in [0, 0.1) is 0 Å². The number of hydrogen-bond donors (Lipinski definition) is 1. The van der Waals surface area contributed by atoms with Crippen molar-refractivity contribution in [3.8, 4) is 0 Å². The number of nitrogens with one attached hydrogen (secondary N) is 1. The lowest BCUT2D eigenvalue weighted by Crippen LogP contribution is -2.30. The lowest BCUT2D eigenvalue weighted by molar-refractivity contribution is -0.612. The van der Waals surface area contributed by atoms with Crippen LogP contribution in [0.3, 0.4) is 0 Å². The molecule has 0 aromatic heterocycles. The number of azo groups is 1. The van der Waals surface area contributed by atoms with Crippen molar-refractivity contribution in [2.45, 2.75) is 25.9 Å². The summed E-state index contributed by atoms with van der Waals surface area (Å²) >= 11 is 0. The molecular weight excluding hydrogens is 102 g/mol. The Bertz CT molecular complexity index is 119. The Hall–Kier alpha value is -0.600. The van der Waals surface area contributed by atoms with E-state index in [-0.39, 0.29) is 0 Å². The smallest absolute Gasteiger partial charge is 0.169 e. The molecule has 3 nitrogen and oxygen atoms in total. The first kappa shape index (κ1) is 5.54. The van der Waals surface area contributed by atoms with Crippen molar-refractivity contribution in [1.82, 2.24) is 5.43 Å². The minimum absolute atomic E-state index is 0.431. The van der Waals surface area contributed by atoms with Crippen LogP contribution in [-0.4, -0.2) is 23.9 Å². The molecule has 0 radical (unpaired) electrons. The van der Waals surface area contributed by atoms with Crippen LogP contribution in [0.15, 0.2) is 5.11 Å². The Morgan fingerprint density at radius 2 is 2.12 bits per heavy atom. The Balaban J connectivity index is 2.56.